The smallest absolute Gasteiger partial charge is 0.423 e. The highest BCUT2D eigenvalue weighted by molar-refractivity contribution is 8.77. The molecule has 6 atom stereocenters. The van der Waals surface area contributed by atoms with E-state index in [0.717, 1.165) is 0 Å². The Morgan fingerprint density at radius 1 is 1.07 bits per heavy atom. The highest BCUT2D eigenvalue weighted by atomic mass is 33.1. The van der Waals surface area contributed by atoms with E-state index in [1.54, 1.807) is 32.4 Å². The lowest BCUT2D eigenvalue weighted by atomic mass is 9.80. The molecule has 2 amide bonds. The number of aromatic nitrogens is 2. The Morgan fingerprint density at radius 3 is 2.53 bits per heavy atom. The van der Waals surface area contributed by atoms with Gasteiger partial charge in [-0.25, -0.2) is 4.79 Å². The third-order valence-electron chi connectivity index (χ3n) is 7.70. The van der Waals surface area contributed by atoms with Gasteiger partial charge in [0.15, 0.2) is 27.1 Å². The van der Waals surface area contributed by atoms with Crippen LogP contribution in [0.4, 0.5) is 5.82 Å². The minimum Gasteiger partial charge on any atom is -0.423 e. The lowest BCUT2D eigenvalue weighted by molar-refractivity contribution is -0.121. The second kappa shape index (κ2) is 27.8. The highest BCUT2D eigenvalue weighted by Crippen LogP contribution is 2.39. The fourth-order valence-corrected chi connectivity index (χ4v) is 10.3. The molecule has 3 rings (SSSR count). The molecule has 0 aliphatic carbocycles. The molecular formula is C34H53BN5O12P3S4. The van der Waals surface area contributed by atoms with E-state index in [1.165, 1.54) is 45.8 Å². The van der Waals surface area contributed by atoms with Gasteiger partial charge in [-0.1, -0.05) is 87.9 Å². The van der Waals surface area contributed by atoms with Crippen LogP contribution in [0.2, 0.25) is 0 Å². The van der Waals surface area contributed by atoms with Gasteiger partial charge in [0.25, 0.3) is 5.91 Å². The molecule has 1 aliphatic heterocycles. The van der Waals surface area contributed by atoms with Crippen molar-refractivity contribution in [3.8, 4) is 11.8 Å². The van der Waals surface area contributed by atoms with Gasteiger partial charge in [0.05, 0.1) is 18.3 Å². The number of hydrogen-bond acceptors (Lipinski definition) is 18. The van der Waals surface area contributed by atoms with Gasteiger partial charge in [-0.15, -0.1) is 0 Å². The third kappa shape index (κ3) is 21.1. The minimum atomic E-state index is -1.59. The summed E-state index contributed by atoms with van der Waals surface area (Å²) in [7, 11) is 3.43. The molecule has 0 bridgehead atoms. The summed E-state index contributed by atoms with van der Waals surface area (Å²) in [6, 6.07) is 6.01. The molecule has 25 heteroatoms. The van der Waals surface area contributed by atoms with Gasteiger partial charge < -0.3 is 50.0 Å². The van der Waals surface area contributed by atoms with E-state index < -0.39 is 34.2 Å². The van der Waals surface area contributed by atoms with E-state index >= 15 is 0 Å². The van der Waals surface area contributed by atoms with Crippen LogP contribution < -0.4 is 27.5 Å². The van der Waals surface area contributed by atoms with Crippen molar-refractivity contribution in [2.75, 3.05) is 43.9 Å². The minimum absolute atomic E-state index is 0.00480. The zero-order chi connectivity index (χ0) is 43.3. The monoisotopic (exact) mass is 955 g/mol. The van der Waals surface area contributed by atoms with Crippen molar-refractivity contribution in [3.05, 3.63) is 52.1 Å². The molecule has 2 heterocycles. The van der Waals surface area contributed by atoms with Crippen LogP contribution in [0, 0.1) is 11.8 Å². The molecule has 3 unspecified atom stereocenters. The van der Waals surface area contributed by atoms with Crippen molar-refractivity contribution in [3.63, 3.8) is 0 Å². The fraction of sp³-hybridized carbons (Fsp3) is 0.588. The van der Waals surface area contributed by atoms with Crippen molar-refractivity contribution < 1.29 is 51.9 Å². The lowest BCUT2D eigenvalue weighted by Crippen LogP contribution is -2.35. The normalized spacial score (nSPS) is 17.3. The summed E-state index contributed by atoms with van der Waals surface area (Å²) >= 11 is 0. The average Bonchev–Trinajstić information content (AvgIpc) is 3.59. The van der Waals surface area contributed by atoms with Crippen LogP contribution in [0.3, 0.4) is 0 Å². The van der Waals surface area contributed by atoms with Gasteiger partial charge in [-0.3, -0.25) is 22.8 Å². The van der Waals surface area contributed by atoms with Crippen LogP contribution in [0.1, 0.15) is 82.5 Å². The number of nitrogens with one attached hydrogen (secondary N) is 2. The Hall–Kier alpha value is -1.21. The molecule has 1 fully saturated rings. The summed E-state index contributed by atoms with van der Waals surface area (Å²) in [5.74, 6) is 6.27. The van der Waals surface area contributed by atoms with Crippen LogP contribution in [-0.4, -0.2) is 103 Å². The van der Waals surface area contributed by atoms with Crippen LogP contribution in [0.5, 0.6) is 0 Å². The van der Waals surface area contributed by atoms with E-state index in [4.69, 9.17) is 38.0 Å². The van der Waals surface area contributed by atoms with Crippen molar-refractivity contribution in [2.24, 2.45) is 0 Å². The molecule has 17 nitrogen and oxygen atoms in total. The predicted molar refractivity (Wildman–Crippen MR) is 244 cm³/mol. The first-order valence-electron chi connectivity index (χ1n) is 18.3. The third-order valence-corrected chi connectivity index (χ3v) is 15.3. The van der Waals surface area contributed by atoms with Gasteiger partial charge in [0.2, 0.25) is 5.91 Å². The SMILES string of the molecule is CC(C)(C)SSCO[C@@H]1C[C@H](n2cc(C#CCOCSSC(C)(C)CNC(=O)CCCCNC(=O)c3ccc(B(O)O)cc3)c(N)nc2=O)O[C@@H]1COPOPOPO. The highest BCUT2D eigenvalue weighted by Gasteiger charge is 2.38. The summed E-state index contributed by atoms with van der Waals surface area (Å²) in [4.78, 5) is 50.4. The number of carbonyl (C=O) groups excluding carboxylic acids is 2. The van der Waals surface area contributed by atoms with Crippen molar-refractivity contribution in [1.29, 1.82) is 0 Å². The predicted octanol–water partition coefficient (Wildman–Crippen LogP) is 4.09. The van der Waals surface area contributed by atoms with E-state index in [0.29, 0.717) is 67.2 Å². The number of unbranched alkanes of at least 4 members (excludes halogenated alkanes) is 1. The van der Waals surface area contributed by atoms with E-state index in [1.807, 2.05) is 13.8 Å². The van der Waals surface area contributed by atoms with Crippen LogP contribution in [0.15, 0.2) is 35.3 Å². The van der Waals surface area contributed by atoms with Gasteiger partial charge in [-0.05, 0) is 44.3 Å². The molecule has 0 spiro atoms. The number of hydrogen-bond donors (Lipinski definition) is 6. The number of carbonyl (C=O) groups is 2. The second-order valence-corrected chi connectivity index (χ2v) is 22.7. The topological polar surface area (TPSA) is 235 Å². The van der Waals surface area contributed by atoms with Crippen LogP contribution in [0.25, 0.3) is 0 Å². The number of rotatable bonds is 26. The quantitative estimate of drug-likeness (QED) is 0.0195. The molecule has 59 heavy (non-hydrogen) atoms. The molecule has 0 radical (unpaired) electrons. The molecule has 328 valence electrons. The standard InChI is InChI=1S/C34H53BN5O12P3S4/c1-33(2,3)58-57-22-48-26-17-29(50-27(26)19-49-54-52-55-51-53-46)40-18-24(30(36)39-32(40)43)9-8-16-47-21-56-59-34(4,5)20-38-28(41)10-6-7-15-37-31(42)23-11-13-25(14-12-23)35(44)45/h11-14,18,26-27,29,44-46,53-55H,6-7,10,15-17,19-22H2,1-5H3,(H,37,42)(H,38,41)(H2,36,39,43)/t26-,27-,29-/m1/s1. The number of ether oxygens (including phenoxy) is 3. The summed E-state index contributed by atoms with van der Waals surface area (Å²) in [6.45, 7) is 11.5. The number of amides is 2. The zero-order valence-corrected chi connectivity index (χ0v) is 39.7. The molecule has 1 aromatic heterocycles. The van der Waals surface area contributed by atoms with E-state index in [-0.39, 0.29) is 64.5 Å². The van der Waals surface area contributed by atoms with Gasteiger partial charge in [0, 0.05) is 47.2 Å². The van der Waals surface area contributed by atoms with E-state index in [9.17, 15) is 24.4 Å². The van der Waals surface area contributed by atoms with Crippen LogP contribution >= 0.6 is 70.3 Å². The largest absolute Gasteiger partial charge is 0.488 e. The Balaban J connectivity index is 1.38. The Labute approximate surface area is 366 Å². The average molecular weight is 956 g/mol. The Kier molecular flexibility index (Phi) is 24.5. The first-order chi connectivity index (χ1) is 28.1. The maximum absolute atomic E-state index is 12.9. The van der Waals surface area contributed by atoms with Gasteiger partial charge >= 0.3 is 12.8 Å². The summed E-state index contributed by atoms with van der Waals surface area (Å²) < 4.78 is 34.8. The first kappa shape index (κ1) is 52.1. The Bertz CT molecular complexity index is 1720. The van der Waals surface area contributed by atoms with Crippen molar-refractivity contribution in [1.82, 2.24) is 20.2 Å². The number of nitrogens with two attached hydrogens (primary N) is 1. The van der Waals surface area contributed by atoms with Crippen molar-refractivity contribution >= 4 is 100 Å². The Morgan fingerprint density at radius 2 is 1.81 bits per heavy atom. The number of benzene rings is 1. The number of nitrogen functional groups attached to an aromatic ring is 1. The van der Waals surface area contributed by atoms with Gasteiger partial charge in [0.1, 0.15) is 36.6 Å². The number of anilines is 1. The van der Waals surface area contributed by atoms with Crippen molar-refractivity contribution in [2.45, 2.75) is 88.2 Å². The summed E-state index contributed by atoms with van der Waals surface area (Å²) in [6.07, 6.45) is 1.91. The molecule has 0 saturated carbocycles. The molecule has 1 aliphatic rings. The molecule has 7 N–H and O–H groups in total. The molecule has 1 aromatic carbocycles. The first-order valence-corrected chi connectivity index (χ1v) is 25.4. The maximum atomic E-state index is 12.9. The lowest BCUT2D eigenvalue weighted by Gasteiger charge is -2.23. The molecule has 2 aromatic rings. The fourth-order valence-electron chi connectivity index (χ4n) is 4.89. The van der Waals surface area contributed by atoms with Gasteiger partial charge in [-0.2, -0.15) is 4.98 Å². The maximum Gasteiger partial charge on any atom is 0.488 e. The number of nitrogens with zero attached hydrogens (tertiary/aromatic N) is 2. The molecule has 1 saturated heterocycles. The van der Waals surface area contributed by atoms with Crippen LogP contribution in [-0.2, 0) is 32.2 Å². The summed E-state index contributed by atoms with van der Waals surface area (Å²) in [5.41, 5.74) is 6.54. The summed E-state index contributed by atoms with van der Waals surface area (Å²) in [5, 5.41) is 24.1. The molecular weight excluding hydrogens is 902 g/mol. The second-order valence-electron chi connectivity index (χ2n) is 14.2. The zero-order valence-electron chi connectivity index (χ0n) is 33.4. The van der Waals surface area contributed by atoms with E-state index in [2.05, 4.69) is 48.2 Å².